The van der Waals surface area contributed by atoms with E-state index >= 15 is 0 Å². The van der Waals surface area contributed by atoms with Gasteiger partial charge in [0.25, 0.3) is 0 Å². The Balaban J connectivity index is 1.60. The fraction of sp³-hybridized carbons (Fsp3) is 0.0588. The van der Waals surface area contributed by atoms with Crippen LogP contribution in [0, 0.1) is 5.82 Å². The van der Waals surface area contributed by atoms with Gasteiger partial charge in [0.15, 0.2) is 0 Å². The molecular weight excluding hydrogens is 363 g/mol. The molecule has 0 saturated carbocycles. The van der Waals surface area contributed by atoms with Crippen molar-refractivity contribution in [3.63, 3.8) is 0 Å². The Morgan fingerprint density at radius 1 is 1.00 bits per heavy atom. The first-order chi connectivity index (χ1) is 12.6. The molecule has 130 valence electrons. The quantitative estimate of drug-likeness (QED) is 0.545. The summed E-state index contributed by atoms with van der Waals surface area (Å²) in [6, 6.07) is 12.5. The van der Waals surface area contributed by atoms with Crippen molar-refractivity contribution in [3.05, 3.63) is 75.8 Å². The fourth-order valence-corrected chi connectivity index (χ4v) is 2.52. The maximum atomic E-state index is 13.0. The molecule has 0 bridgehead atoms. The van der Waals surface area contributed by atoms with Crippen molar-refractivity contribution in [3.8, 4) is 22.9 Å². The van der Waals surface area contributed by atoms with Crippen LogP contribution in [0.1, 0.15) is 5.89 Å². The van der Waals surface area contributed by atoms with Gasteiger partial charge in [-0.3, -0.25) is 0 Å². The van der Waals surface area contributed by atoms with Gasteiger partial charge in [0, 0.05) is 5.56 Å². The molecule has 0 N–H and O–H groups in total. The molecule has 0 saturated heterocycles. The van der Waals surface area contributed by atoms with Crippen LogP contribution in [0.4, 0.5) is 4.39 Å². The molecule has 7 nitrogen and oxygen atoms in total. The van der Waals surface area contributed by atoms with E-state index in [4.69, 9.17) is 20.4 Å². The van der Waals surface area contributed by atoms with Gasteiger partial charge in [0.05, 0.1) is 10.6 Å². The second-order valence-electron chi connectivity index (χ2n) is 5.32. The summed E-state index contributed by atoms with van der Waals surface area (Å²) in [6.45, 7) is -0.0685. The highest BCUT2D eigenvalue weighted by Gasteiger charge is 2.15. The molecule has 2 aromatic heterocycles. The highest BCUT2D eigenvalue weighted by atomic mass is 35.5. The summed E-state index contributed by atoms with van der Waals surface area (Å²) >= 11 is 6.10. The number of benzene rings is 2. The van der Waals surface area contributed by atoms with Crippen LogP contribution in [0.5, 0.6) is 0 Å². The van der Waals surface area contributed by atoms with E-state index in [0.717, 1.165) is 4.68 Å². The van der Waals surface area contributed by atoms with Gasteiger partial charge >= 0.3 is 5.76 Å². The average Bonchev–Trinajstić information content (AvgIpc) is 3.24. The zero-order chi connectivity index (χ0) is 18.1. The summed E-state index contributed by atoms with van der Waals surface area (Å²) in [6.07, 6.45) is 0. The van der Waals surface area contributed by atoms with E-state index in [1.165, 1.54) is 24.3 Å². The predicted molar refractivity (Wildman–Crippen MR) is 90.0 cm³/mol. The minimum absolute atomic E-state index is 0.0685. The Bertz CT molecular complexity index is 1120. The highest BCUT2D eigenvalue weighted by molar-refractivity contribution is 6.33. The minimum Gasteiger partial charge on any atom is -0.419 e. The Labute approximate surface area is 150 Å². The van der Waals surface area contributed by atoms with Gasteiger partial charge in [-0.05, 0) is 36.4 Å². The van der Waals surface area contributed by atoms with Crippen molar-refractivity contribution in [1.29, 1.82) is 0 Å². The van der Waals surface area contributed by atoms with Crippen LogP contribution in [0.3, 0.4) is 0 Å². The maximum Gasteiger partial charge on any atom is 0.437 e. The Hall–Kier alpha value is -3.26. The molecule has 4 aromatic rings. The third-order valence-electron chi connectivity index (χ3n) is 3.55. The van der Waals surface area contributed by atoms with Gasteiger partial charge in [0.1, 0.15) is 12.4 Å². The van der Waals surface area contributed by atoms with Crippen LogP contribution >= 0.6 is 11.6 Å². The molecule has 0 atom stereocenters. The normalized spacial score (nSPS) is 11.0. The van der Waals surface area contributed by atoms with Gasteiger partial charge < -0.3 is 8.83 Å². The highest BCUT2D eigenvalue weighted by Crippen LogP contribution is 2.26. The number of hydrogen-bond donors (Lipinski definition) is 0. The van der Waals surface area contributed by atoms with Gasteiger partial charge in [-0.1, -0.05) is 23.7 Å². The second kappa shape index (κ2) is 6.57. The number of halogens is 2. The zero-order valence-corrected chi connectivity index (χ0v) is 13.9. The summed E-state index contributed by atoms with van der Waals surface area (Å²) < 4.78 is 24.7. The molecular formula is C17H10ClFN4O3. The summed E-state index contributed by atoms with van der Waals surface area (Å²) in [5.41, 5.74) is 1.07. The lowest BCUT2D eigenvalue weighted by atomic mass is 10.2. The second-order valence-corrected chi connectivity index (χ2v) is 5.73. The minimum atomic E-state index is -0.693. The molecule has 4 rings (SSSR count). The summed E-state index contributed by atoms with van der Waals surface area (Å²) in [5, 5.41) is 12.4. The van der Waals surface area contributed by atoms with Crippen molar-refractivity contribution in [2.75, 3.05) is 0 Å². The van der Waals surface area contributed by atoms with Crippen LogP contribution < -0.4 is 5.76 Å². The molecule has 0 unspecified atom stereocenters. The molecule has 26 heavy (non-hydrogen) atoms. The monoisotopic (exact) mass is 372 g/mol. The predicted octanol–water partition coefficient (Wildman–Crippen LogP) is 3.39. The topological polar surface area (TPSA) is 87.0 Å². The molecule has 2 heterocycles. The van der Waals surface area contributed by atoms with E-state index in [-0.39, 0.29) is 24.2 Å². The van der Waals surface area contributed by atoms with Crippen LogP contribution in [-0.4, -0.2) is 20.0 Å². The molecule has 0 spiro atoms. The largest absolute Gasteiger partial charge is 0.437 e. The first-order valence-corrected chi connectivity index (χ1v) is 7.89. The molecule has 0 aliphatic heterocycles. The van der Waals surface area contributed by atoms with E-state index in [1.54, 1.807) is 24.3 Å². The van der Waals surface area contributed by atoms with Gasteiger partial charge in [-0.2, -0.15) is 4.68 Å². The lowest BCUT2D eigenvalue weighted by Gasteiger charge is -1.97. The van der Waals surface area contributed by atoms with E-state index in [0.29, 0.717) is 16.1 Å². The van der Waals surface area contributed by atoms with E-state index in [1.807, 2.05) is 0 Å². The van der Waals surface area contributed by atoms with Gasteiger partial charge in [-0.25, -0.2) is 9.18 Å². The fourth-order valence-electron chi connectivity index (χ4n) is 2.30. The van der Waals surface area contributed by atoms with Gasteiger partial charge in [-0.15, -0.1) is 15.3 Å². The number of aromatic nitrogens is 4. The number of hydrogen-bond acceptors (Lipinski definition) is 6. The van der Waals surface area contributed by atoms with E-state index < -0.39 is 11.6 Å². The Kier molecular flexibility index (Phi) is 4.10. The van der Waals surface area contributed by atoms with E-state index in [9.17, 15) is 9.18 Å². The molecule has 2 aromatic carbocycles. The lowest BCUT2D eigenvalue weighted by molar-refractivity contribution is 0.444. The Morgan fingerprint density at radius 3 is 2.54 bits per heavy atom. The lowest BCUT2D eigenvalue weighted by Crippen LogP contribution is -2.16. The summed E-state index contributed by atoms with van der Waals surface area (Å²) in [4.78, 5) is 12.0. The van der Waals surface area contributed by atoms with Crippen molar-refractivity contribution in [2.24, 2.45) is 0 Å². The zero-order valence-electron chi connectivity index (χ0n) is 13.1. The Morgan fingerprint density at radius 2 is 1.77 bits per heavy atom. The van der Waals surface area contributed by atoms with Crippen molar-refractivity contribution >= 4 is 11.6 Å². The van der Waals surface area contributed by atoms with Crippen molar-refractivity contribution in [2.45, 2.75) is 6.54 Å². The molecule has 9 heteroatoms. The number of nitrogens with zero attached hydrogens (tertiary/aromatic N) is 4. The van der Waals surface area contributed by atoms with Crippen LogP contribution in [-0.2, 0) is 6.54 Å². The molecule has 0 aliphatic carbocycles. The standard InChI is InChI=1S/C17H10ClFN4O3/c18-13-4-2-1-3-12(13)16-21-20-14(25-16)9-23-17(24)26-15(22-23)10-5-7-11(19)8-6-10/h1-8H,9H2. The first-order valence-electron chi connectivity index (χ1n) is 7.51. The average molecular weight is 373 g/mol. The third kappa shape index (κ3) is 3.14. The van der Waals surface area contributed by atoms with Crippen LogP contribution in [0.2, 0.25) is 5.02 Å². The smallest absolute Gasteiger partial charge is 0.419 e. The summed E-state index contributed by atoms with van der Waals surface area (Å²) in [5.74, 6) is -0.613. The molecule has 0 aliphatic rings. The molecule has 0 fully saturated rings. The van der Waals surface area contributed by atoms with Crippen LogP contribution in [0.25, 0.3) is 22.9 Å². The van der Waals surface area contributed by atoms with Crippen molar-refractivity contribution in [1.82, 2.24) is 20.0 Å². The molecule has 0 amide bonds. The van der Waals surface area contributed by atoms with Crippen molar-refractivity contribution < 1.29 is 13.2 Å². The van der Waals surface area contributed by atoms with E-state index in [2.05, 4.69) is 15.3 Å². The number of rotatable bonds is 4. The van der Waals surface area contributed by atoms with Gasteiger partial charge in [0.2, 0.25) is 17.7 Å². The molecule has 0 radical (unpaired) electrons. The first kappa shape index (κ1) is 16.2. The van der Waals surface area contributed by atoms with Crippen LogP contribution in [0.15, 0.2) is 62.2 Å². The summed E-state index contributed by atoms with van der Waals surface area (Å²) in [7, 11) is 0. The third-order valence-corrected chi connectivity index (χ3v) is 3.88. The maximum absolute atomic E-state index is 13.0. The SMILES string of the molecule is O=c1oc(-c2ccc(F)cc2)nn1Cc1nnc(-c2ccccc2Cl)o1.